The van der Waals surface area contributed by atoms with E-state index >= 15 is 0 Å². The van der Waals surface area contributed by atoms with E-state index in [0.717, 1.165) is 5.56 Å². The highest BCUT2D eigenvalue weighted by molar-refractivity contribution is 6.10. The number of halogens is 3. The Kier molecular flexibility index (Phi) is 3.51. The lowest BCUT2D eigenvalue weighted by molar-refractivity contribution is -0.135. The van der Waals surface area contributed by atoms with Crippen LogP contribution >= 0.6 is 0 Å². The number of hydrogen-bond donors (Lipinski definition) is 1. The number of carbonyl (C=O) groups excluding carboxylic acids is 1. The van der Waals surface area contributed by atoms with Gasteiger partial charge in [0, 0.05) is 16.5 Å². The number of alkyl halides is 3. The average Bonchev–Trinajstić information content (AvgIpc) is 2.86. The van der Waals surface area contributed by atoms with Crippen LogP contribution in [0.4, 0.5) is 13.2 Å². The van der Waals surface area contributed by atoms with Crippen LogP contribution in [0.1, 0.15) is 28.4 Å². The number of ketones is 1. The molecule has 5 heteroatoms. The highest BCUT2D eigenvalue weighted by atomic mass is 19.4. The molecule has 3 aromatic rings. The molecule has 118 valence electrons. The van der Waals surface area contributed by atoms with Crippen LogP contribution in [-0.4, -0.2) is 10.8 Å². The zero-order valence-corrected chi connectivity index (χ0v) is 12.6. The molecule has 0 atom stereocenters. The third kappa shape index (κ3) is 2.63. The van der Waals surface area contributed by atoms with E-state index in [9.17, 15) is 18.0 Å². The molecule has 0 aliphatic carbocycles. The van der Waals surface area contributed by atoms with Gasteiger partial charge < -0.3 is 4.98 Å². The topological polar surface area (TPSA) is 32.9 Å². The summed E-state index contributed by atoms with van der Waals surface area (Å²) in [5.74, 6) is -0.386. The van der Waals surface area contributed by atoms with Crippen LogP contribution < -0.4 is 0 Å². The maximum absolute atomic E-state index is 13.7. The molecule has 2 nitrogen and oxygen atoms in total. The maximum atomic E-state index is 13.7. The molecule has 0 unspecified atom stereocenters. The minimum absolute atomic E-state index is 0.0128. The van der Waals surface area contributed by atoms with E-state index in [4.69, 9.17) is 0 Å². The first-order chi connectivity index (χ1) is 10.8. The van der Waals surface area contributed by atoms with Gasteiger partial charge in [-0.15, -0.1) is 0 Å². The van der Waals surface area contributed by atoms with E-state index in [2.05, 4.69) is 4.98 Å². The second kappa shape index (κ2) is 5.26. The quantitative estimate of drug-likeness (QED) is 0.634. The molecule has 0 saturated carbocycles. The van der Waals surface area contributed by atoms with E-state index < -0.39 is 11.7 Å². The van der Waals surface area contributed by atoms with Crippen LogP contribution in [0.2, 0.25) is 0 Å². The molecule has 0 fully saturated rings. The normalized spacial score (nSPS) is 11.9. The average molecular weight is 317 g/mol. The number of benzene rings is 2. The molecule has 1 heterocycles. The van der Waals surface area contributed by atoms with Crippen molar-refractivity contribution in [3.63, 3.8) is 0 Å². The van der Waals surface area contributed by atoms with E-state index in [1.165, 1.54) is 13.0 Å². The lowest BCUT2D eigenvalue weighted by atomic mass is 9.98. The first-order valence-corrected chi connectivity index (χ1v) is 7.09. The summed E-state index contributed by atoms with van der Waals surface area (Å²) in [7, 11) is 0. The Morgan fingerprint density at radius 3 is 2.30 bits per heavy atom. The number of H-pyrrole nitrogens is 1. The minimum atomic E-state index is -4.57. The van der Waals surface area contributed by atoms with Gasteiger partial charge in [0.05, 0.1) is 11.3 Å². The molecular formula is C18H14F3NO. The van der Waals surface area contributed by atoms with Gasteiger partial charge in [-0.1, -0.05) is 30.3 Å². The summed E-state index contributed by atoms with van der Waals surface area (Å²) in [5.41, 5.74) is 0.776. The van der Waals surface area contributed by atoms with E-state index in [1.807, 2.05) is 0 Å². The molecule has 3 rings (SSSR count). The van der Waals surface area contributed by atoms with Crippen molar-refractivity contribution in [2.24, 2.45) is 0 Å². The first kappa shape index (κ1) is 15.3. The molecular weight excluding hydrogens is 303 g/mol. The molecule has 0 amide bonds. The number of nitrogens with one attached hydrogen (secondary N) is 1. The molecule has 23 heavy (non-hydrogen) atoms. The van der Waals surface area contributed by atoms with Crippen LogP contribution in [0.25, 0.3) is 22.2 Å². The van der Waals surface area contributed by atoms with Crippen molar-refractivity contribution in [3.05, 3.63) is 59.2 Å². The second-order valence-electron chi connectivity index (χ2n) is 5.53. The Bertz CT molecular complexity index is 892. The molecule has 0 spiro atoms. The van der Waals surface area contributed by atoms with Crippen LogP contribution in [-0.2, 0) is 6.18 Å². The van der Waals surface area contributed by atoms with Crippen molar-refractivity contribution in [2.75, 3.05) is 0 Å². The number of aromatic nitrogens is 1. The van der Waals surface area contributed by atoms with Crippen LogP contribution in [0.5, 0.6) is 0 Å². The predicted molar refractivity (Wildman–Crippen MR) is 83.5 cm³/mol. The number of Topliss-reactive ketones (excluding diaryl/α,β-unsaturated/α-hetero) is 1. The fraction of sp³-hybridized carbons (Fsp3) is 0.167. The third-order valence-corrected chi connectivity index (χ3v) is 3.77. The van der Waals surface area contributed by atoms with Gasteiger partial charge >= 0.3 is 6.18 Å². The van der Waals surface area contributed by atoms with Gasteiger partial charge in [0.1, 0.15) is 0 Å². The summed E-state index contributed by atoms with van der Waals surface area (Å²) >= 11 is 0. The van der Waals surface area contributed by atoms with Crippen molar-refractivity contribution < 1.29 is 18.0 Å². The zero-order valence-electron chi connectivity index (χ0n) is 12.6. The van der Waals surface area contributed by atoms with Gasteiger partial charge in [-0.2, -0.15) is 13.2 Å². The Balaban J connectivity index is 2.47. The number of carbonyl (C=O) groups is 1. The molecule has 0 aliphatic heterocycles. The number of aryl methyl sites for hydroxylation is 1. The lowest BCUT2D eigenvalue weighted by Gasteiger charge is -2.10. The summed E-state index contributed by atoms with van der Waals surface area (Å²) in [6.07, 6.45) is -4.57. The zero-order chi connectivity index (χ0) is 16.8. The van der Waals surface area contributed by atoms with Crippen LogP contribution in [0.15, 0.2) is 42.5 Å². The largest absolute Gasteiger partial charge is 0.419 e. The Morgan fingerprint density at radius 2 is 1.74 bits per heavy atom. The number of fused-ring (bicyclic) bond motifs is 1. The standard InChI is InChI=1S/C18H14F3NO/c1-10-8-13(11(2)23)15-14(9-10)22-17(16(15)18(19,20)21)12-6-4-3-5-7-12/h3-9,22H,1-2H3. The van der Waals surface area contributed by atoms with E-state index in [-0.39, 0.29) is 22.4 Å². The smallest absolute Gasteiger partial charge is 0.354 e. The lowest BCUT2D eigenvalue weighted by Crippen LogP contribution is -2.08. The summed E-state index contributed by atoms with van der Waals surface area (Å²) < 4.78 is 41.1. The Hall–Kier alpha value is -2.56. The minimum Gasteiger partial charge on any atom is -0.354 e. The van der Waals surface area contributed by atoms with Gasteiger partial charge in [-0.3, -0.25) is 4.79 Å². The summed E-state index contributed by atoms with van der Waals surface area (Å²) in [4.78, 5) is 14.7. The summed E-state index contributed by atoms with van der Waals surface area (Å²) in [5, 5.41) is -0.0607. The second-order valence-corrected chi connectivity index (χ2v) is 5.53. The molecule has 0 radical (unpaired) electrons. The van der Waals surface area contributed by atoms with Crippen LogP contribution in [0, 0.1) is 6.92 Å². The van der Waals surface area contributed by atoms with Gasteiger partial charge in [0.25, 0.3) is 0 Å². The highest BCUT2D eigenvalue weighted by Crippen LogP contribution is 2.43. The number of rotatable bonds is 2. The Labute approximate surface area is 130 Å². The van der Waals surface area contributed by atoms with Crippen molar-refractivity contribution in [3.8, 4) is 11.3 Å². The van der Waals surface area contributed by atoms with Crippen molar-refractivity contribution in [1.82, 2.24) is 4.98 Å². The monoisotopic (exact) mass is 317 g/mol. The van der Waals surface area contributed by atoms with Crippen molar-refractivity contribution >= 4 is 16.7 Å². The fourth-order valence-corrected chi connectivity index (χ4v) is 2.86. The molecule has 1 N–H and O–H groups in total. The van der Waals surface area contributed by atoms with Crippen molar-refractivity contribution in [1.29, 1.82) is 0 Å². The number of aromatic amines is 1. The van der Waals surface area contributed by atoms with Gasteiger partial charge in [0.15, 0.2) is 5.78 Å². The molecule has 0 aliphatic rings. The molecule has 0 bridgehead atoms. The third-order valence-electron chi connectivity index (χ3n) is 3.77. The Morgan fingerprint density at radius 1 is 1.09 bits per heavy atom. The summed E-state index contributed by atoms with van der Waals surface area (Å²) in [6, 6.07) is 11.5. The maximum Gasteiger partial charge on any atom is 0.419 e. The van der Waals surface area contributed by atoms with E-state index in [1.54, 1.807) is 43.3 Å². The molecule has 2 aromatic carbocycles. The summed E-state index contributed by atoms with van der Waals surface area (Å²) in [6.45, 7) is 3.03. The van der Waals surface area contributed by atoms with Crippen LogP contribution in [0.3, 0.4) is 0 Å². The number of hydrogen-bond acceptors (Lipinski definition) is 1. The molecule has 0 saturated heterocycles. The van der Waals surface area contributed by atoms with Gasteiger partial charge in [-0.05, 0) is 37.1 Å². The first-order valence-electron chi connectivity index (χ1n) is 7.09. The molecule has 1 aromatic heterocycles. The predicted octanol–water partition coefficient (Wildman–Crippen LogP) is 5.36. The van der Waals surface area contributed by atoms with Gasteiger partial charge in [-0.25, -0.2) is 0 Å². The SMILES string of the molecule is CC(=O)c1cc(C)cc2[nH]c(-c3ccccc3)c(C(F)(F)F)c12. The highest BCUT2D eigenvalue weighted by Gasteiger charge is 2.38. The van der Waals surface area contributed by atoms with E-state index in [0.29, 0.717) is 11.1 Å². The fourth-order valence-electron chi connectivity index (χ4n) is 2.86. The van der Waals surface area contributed by atoms with Crippen molar-refractivity contribution in [2.45, 2.75) is 20.0 Å². The van der Waals surface area contributed by atoms with Gasteiger partial charge in [0.2, 0.25) is 0 Å².